The minimum atomic E-state index is -0.519. The van der Waals surface area contributed by atoms with Crippen molar-refractivity contribution in [3.63, 3.8) is 0 Å². The molecule has 10 aromatic carbocycles. The van der Waals surface area contributed by atoms with Crippen LogP contribution in [0.3, 0.4) is 0 Å². The first-order valence-electron chi connectivity index (χ1n) is 22.3. The summed E-state index contributed by atoms with van der Waals surface area (Å²) in [5.41, 5.74) is 17.5. The fraction of sp³-hybridized carbons (Fsp3) is 0.0164. The zero-order valence-electron chi connectivity index (χ0n) is 35.4. The Bertz CT molecular complexity index is 3480. The molecular formula is C61H41N3S. The van der Waals surface area contributed by atoms with Gasteiger partial charge in [0.2, 0.25) is 0 Å². The summed E-state index contributed by atoms with van der Waals surface area (Å²) >= 11 is 1.86. The van der Waals surface area contributed by atoms with Gasteiger partial charge in [0.1, 0.15) is 0 Å². The van der Waals surface area contributed by atoms with Gasteiger partial charge in [-0.3, -0.25) is 0 Å². The minimum Gasteiger partial charge on any atom is -0.310 e. The molecule has 0 fully saturated rings. The lowest BCUT2D eigenvalue weighted by molar-refractivity contribution is 0.752. The lowest BCUT2D eigenvalue weighted by atomic mass is 9.64. The summed E-state index contributed by atoms with van der Waals surface area (Å²) in [6, 6.07) is 91.1. The second-order valence-corrected chi connectivity index (χ2v) is 17.9. The Morgan fingerprint density at radius 1 is 0.338 bits per heavy atom. The summed E-state index contributed by atoms with van der Waals surface area (Å²) in [6.07, 6.45) is 0. The number of fused-ring (bicyclic) bond motifs is 12. The first kappa shape index (κ1) is 37.4. The molecule has 0 bridgehead atoms. The van der Waals surface area contributed by atoms with Crippen molar-refractivity contribution in [2.24, 2.45) is 0 Å². The van der Waals surface area contributed by atoms with Crippen LogP contribution in [-0.4, -0.2) is 0 Å². The maximum Gasteiger partial charge on any atom is 0.0754 e. The highest BCUT2D eigenvalue weighted by molar-refractivity contribution is 7.26. The highest BCUT2D eigenvalue weighted by Gasteiger charge is 2.51. The summed E-state index contributed by atoms with van der Waals surface area (Å²) in [5, 5.41) is 2.50. The quantitative estimate of drug-likeness (QED) is 0.158. The second-order valence-electron chi connectivity index (χ2n) is 16.8. The average Bonchev–Trinajstić information content (AvgIpc) is 3.89. The van der Waals surface area contributed by atoms with Crippen molar-refractivity contribution in [2.45, 2.75) is 5.41 Å². The van der Waals surface area contributed by atoms with Crippen LogP contribution in [0.25, 0.3) is 31.3 Å². The Labute approximate surface area is 383 Å². The standard InChI is InChI=1S/C61H41N3S/c1-5-20-42(21-6-1)62(43-22-7-2-8-23-43)47-36-38-49-59(41-47)65-58-35-19-34-57(60(49)58)63(44-24-9-3-10-25-44)46-37-39-52-50(40-46)48-28-13-14-29-51(48)61(52)53-30-15-17-32-55(53)64(45-26-11-4-12-27-45)56-33-18-16-31-54(56)61/h1-41H. The fourth-order valence-electron chi connectivity index (χ4n) is 10.8. The maximum atomic E-state index is 2.47. The predicted molar refractivity (Wildman–Crippen MR) is 274 cm³/mol. The molecule has 65 heavy (non-hydrogen) atoms. The van der Waals surface area contributed by atoms with Crippen molar-refractivity contribution in [3.8, 4) is 11.1 Å². The lowest BCUT2D eigenvalue weighted by Crippen LogP contribution is -2.36. The zero-order chi connectivity index (χ0) is 42.9. The monoisotopic (exact) mass is 847 g/mol. The van der Waals surface area contributed by atoms with Crippen molar-refractivity contribution < 1.29 is 0 Å². The van der Waals surface area contributed by atoms with E-state index in [-0.39, 0.29) is 0 Å². The van der Waals surface area contributed by atoms with Crippen LogP contribution >= 0.6 is 11.3 Å². The van der Waals surface area contributed by atoms with E-state index in [1.54, 1.807) is 0 Å². The summed E-state index contributed by atoms with van der Waals surface area (Å²) < 4.78 is 2.50. The highest BCUT2D eigenvalue weighted by atomic mass is 32.1. The molecule has 0 unspecified atom stereocenters. The van der Waals surface area contributed by atoms with E-state index < -0.39 is 5.41 Å². The van der Waals surface area contributed by atoms with Gasteiger partial charge in [0.25, 0.3) is 0 Å². The molecule has 3 nitrogen and oxygen atoms in total. The van der Waals surface area contributed by atoms with E-state index in [4.69, 9.17) is 0 Å². The van der Waals surface area contributed by atoms with Gasteiger partial charge in [0.05, 0.1) is 22.5 Å². The van der Waals surface area contributed by atoms with Crippen LogP contribution in [-0.2, 0) is 5.41 Å². The van der Waals surface area contributed by atoms with E-state index in [0.717, 1.165) is 39.8 Å². The van der Waals surface area contributed by atoms with Crippen LogP contribution in [0.15, 0.2) is 249 Å². The van der Waals surface area contributed by atoms with Crippen molar-refractivity contribution in [2.75, 3.05) is 14.7 Å². The van der Waals surface area contributed by atoms with Crippen molar-refractivity contribution in [1.82, 2.24) is 0 Å². The van der Waals surface area contributed by atoms with Gasteiger partial charge in [-0.25, -0.2) is 0 Å². The molecule has 0 N–H and O–H groups in total. The van der Waals surface area contributed by atoms with Crippen LogP contribution in [0.5, 0.6) is 0 Å². The molecule has 0 saturated carbocycles. The van der Waals surface area contributed by atoms with Gasteiger partial charge in [-0.05, 0) is 130 Å². The third-order valence-electron chi connectivity index (χ3n) is 13.4. The number of benzene rings is 10. The molecule has 1 aromatic heterocycles. The molecule has 13 rings (SSSR count). The predicted octanol–water partition coefficient (Wildman–Crippen LogP) is 17.1. The van der Waals surface area contributed by atoms with Crippen LogP contribution in [0, 0.1) is 0 Å². The van der Waals surface area contributed by atoms with Crippen LogP contribution in [0.4, 0.5) is 51.2 Å². The Kier molecular flexibility index (Phi) is 8.62. The Balaban J connectivity index is 1.01. The average molecular weight is 848 g/mol. The molecule has 306 valence electrons. The first-order chi connectivity index (χ1) is 32.3. The van der Waals surface area contributed by atoms with Crippen molar-refractivity contribution in [1.29, 1.82) is 0 Å². The summed E-state index contributed by atoms with van der Waals surface area (Å²) in [6.45, 7) is 0. The van der Waals surface area contributed by atoms with E-state index in [0.29, 0.717) is 0 Å². The van der Waals surface area contributed by atoms with Gasteiger partial charge in [-0.15, -0.1) is 11.3 Å². The number of rotatable bonds is 7. The molecule has 0 atom stereocenters. The Morgan fingerprint density at radius 3 is 1.49 bits per heavy atom. The van der Waals surface area contributed by atoms with E-state index in [1.165, 1.54) is 64.9 Å². The Morgan fingerprint density at radius 2 is 0.846 bits per heavy atom. The van der Waals surface area contributed by atoms with E-state index in [1.807, 2.05) is 11.3 Å². The summed E-state index contributed by atoms with van der Waals surface area (Å²) in [4.78, 5) is 7.26. The minimum absolute atomic E-state index is 0.519. The molecule has 0 radical (unpaired) electrons. The van der Waals surface area contributed by atoms with E-state index in [9.17, 15) is 0 Å². The molecule has 2 heterocycles. The maximum absolute atomic E-state index is 2.47. The number of para-hydroxylation sites is 6. The molecule has 2 aliphatic rings. The molecule has 1 spiro atoms. The normalized spacial score (nSPS) is 13.0. The largest absolute Gasteiger partial charge is 0.310 e. The van der Waals surface area contributed by atoms with E-state index in [2.05, 4.69) is 263 Å². The lowest BCUT2D eigenvalue weighted by Gasteiger charge is -2.45. The van der Waals surface area contributed by atoms with Crippen LogP contribution in [0.1, 0.15) is 22.3 Å². The third-order valence-corrected chi connectivity index (χ3v) is 14.5. The van der Waals surface area contributed by atoms with Gasteiger partial charge in [0.15, 0.2) is 0 Å². The van der Waals surface area contributed by atoms with Gasteiger partial charge in [-0.2, -0.15) is 0 Å². The molecular weight excluding hydrogens is 807 g/mol. The highest BCUT2D eigenvalue weighted by Crippen LogP contribution is 2.64. The topological polar surface area (TPSA) is 9.72 Å². The summed E-state index contributed by atoms with van der Waals surface area (Å²) in [5.74, 6) is 0. The number of nitrogens with zero attached hydrogens (tertiary/aromatic N) is 3. The van der Waals surface area contributed by atoms with Gasteiger partial charge in [0, 0.05) is 54.3 Å². The van der Waals surface area contributed by atoms with Crippen LogP contribution < -0.4 is 14.7 Å². The number of hydrogen-bond donors (Lipinski definition) is 0. The van der Waals surface area contributed by atoms with Crippen molar-refractivity contribution in [3.05, 3.63) is 271 Å². The number of thiophene rings is 1. The van der Waals surface area contributed by atoms with Gasteiger partial charge in [-0.1, -0.05) is 152 Å². The van der Waals surface area contributed by atoms with E-state index >= 15 is 0 Å². The fourth-order valence-corrected chi connectivity index (χ4v) is 12.0. The molecule has 1 aliphatic heterocycles. The first-order valence-corrected chi connectivity index (χ1v) is 23.1. The molecule has 0 amide bonds. The molecule has 1 aliphatic carbocycles. The SMILES string of the molecule is c1ccc(N(c2ccccc2)c2ccc3c(c2)sc2cccc(N(c4ccccc4)c4ccc5c(c4)-c4ccccc4C54c5ccccc5N(c5ccccc5)c5ccccc54)c23)cc1. The van der Waals surface area contributed by atoms with Gasteiger partial charge >= 0.3 is 0 Å². The smallest absolute Gasteiger partial charge is 0.0754 e. The van der Waals surface area contributed by atoms with Crippen molar-refractivity contribution >= 4 is 82.7 Å². The molecule has 11 aromatic rings. The van der Waals surface area contributed by atoms with Crippen LogP contribution in [0.2, 0.25) is 0 Å². The molecule has 0 saturated heterocycles. The summed E-state index contributed by atoms with van der Waals surface area (Å²) in [7, 11) is 0. The molecule has 4 heteroatoms. The Hall–Kier alpha value is -8.18. The number of hydrogen-bond acceptors (Lipinski definition) is 4. The zero-order valence-corrected chi connectivity index (χ0v) is 36.2. The van der Waals surface area contributed by atoms with Gasteiger partial charge < -0.3 is 14.7 Å². The second kappa shape index (κ2) is 15.0. The number of anilines is 9. The third kappa shape index (κ3) is 5.67.